The minimum atomic E-state index is 0.266. The van der Waals surface area contributed by atoms with Gasteiger partial charge in [0.05, 0.1) is 6.33 Å². The van der Waals surface area contributed by atoms with Crippen LogP contribution in [0.5, 0.6) is 0 Å². The van der Waals surface area contributed by atoms with E-state index in [1.165, 1.54) is 0 Å². The maximum Gasteiger partial charge on any atom is 0.0945 e. The lowest BCUT2D eigenvalue weighted by Crippen LogP contribution is -2.24. The summed E-state index contributed by atoms with van der Waals surface area (Å²) in [7, 11) is 0. The topological polar surface area (TPSA) is 50.1 Å². The summed E-state index contributed by atoms with van der Waals surface area (Å²) in [5, 5.41) is 12.1. The van der Waals surface area contributed by atoms with E-state index in [1.807, 2.05) is 19.4 Å². The molecule has 0 radical (unpaired) electrons. The van der Waals surface area contributed by atoms with Gasteiger partial charge in [-0.3, -0.25) is 0 Å². The van der Waals surface area contributed by atoms with E-state index >= 15 is 0 Å². The molecule has 0 aliphatic carbocycles. The Labute approximate surface area is 91.3 Å². The highest BCUT2D eigenvalue weighted by atomic mass is 16.3. The summed E-state index contributed by atoms with van der Waals surface area (Å²) in [6.45, 7) is 5.28. The van der Waals surface area contributed by atoms with E-state index in [0.29, 0.717) is 5.92 Å². The van der Waals surface area contributed by atoms with Crippen molar-refractivity contribution in [1.82, 2.24) is 14.9 Å². The molecular formula is C11H21N3O. The first kappa shape index (κ1) is 12.2. The maximum atomic E-state index is 8.81. The summed E-state index contributed by atoms with van der Waals surface area (Å²) in [5.74, 6) is 0.360. The van der Waals surface area contributed by atoms with Gasteiger partial charge in [-0.25, -0.2) is 4.98 Å². The smallest absolute Gasteiger partial charge is 0.0945 e. The zero-order chi connectivity index (χ0) is 10.9. The first-order chi connectivity index (χ1) is 7.33. The van der Waals surface area contributed by atoms with Gasteiger partial charge in [-0.05, 0) is 31.8 Å². The van der Waals surface area contributed by atoms with Crippen molar-refractivity contribution in [3.63, 3.8) is 0 Å². The maximum absolute atomic E-state index is 8.81. The Morgan fingerprint density at radius 1 is 1.47 bits per heavy atom. The number of rotatable bonds is 8. The van der Waals surface area contributed by atoms with E-state index in [-0.39, 0.29) is 6.61 Å². The van der Waals surface area contributed by atoms with E-state index in [4.69, 9.17) is 5.11 Å². The summed E-state index contributed by atoms with van der Waals surface area (Å²) in [4.78, 5) is 3.99. The van der Waals surface area contributed by atoms with Crippen molar-refractivity contribution < 1.29 is 5.11 Å². The lowest BCUT2D eigenvalue weighted by molar-refractivity contribution is 0.234. The van der Waals surface area contributed by atoms with E-state index in [1.54, 1.807) is 6.20 Å². The lowest BCUT2D eigenvalue weighted by Gasteiger charge is -2.09. The average molecular weight is 211 g/mol. The molecule has 1 heterocycles. The van der Waals surface area contributed by atoms with Crippen LogP contribution in [-0.2, 0) is 6.54 Å². The van der Waals surface area contributed by atoms with Crippen LogP contribution >= 0.6 is 0 Å². The molecule has 15 heavy (non-hydrogen) atoms. The fraction of sp³-hybridized carbons (Fsp3) is 0.727. The Morgan fingerprint density at radius 2 is 2.33 bits per heavy atom. The molecule has 1 rings (SSSR count). The van der Waals surface area contributed by atoms with Crippen LogP contribution in [0.1, 0.15) is 19.8 Å². The van der Waals surface area contributed by atoms with Gasteiger partial charge in [0.25, 0.3) is 0 Å². The molecule has 0 bridgehead atoms. The largest absolute Gasteiger partial charge is 0.396 e. The number of imidazole rings is 1. The third kappa shape index (κ3) is 5.54. The molecule has 0 spiro atoms. The third-order valence-corrected chi connectivity index (χ3v) is 2.38. The summed E-state index contributed by atoms with van der Waals surface area (Å²) >= 11 is 0. The van der Waals surface area contributed by atoms with Crippen molar-refractivity contribution in [3.05, 3.63) is 18.7 Å². The minimum absolute atomic E-state index is 0.266. The highest BCUT2D eigenvalue weighted by Crippen LogP contribution is 1.95. The van der Waals surface area contributed by atoms with Crippen molar-refractivity contribution >= 4 is 0 Å². The molecule has 0 saturated heterocycles. The Morgan fingerprint density at radius 3 is 3.00 bits per heavy atom. The number of aromatic nitrogens is 2. The van der Waals surface area contributed by atoms with Crippen LogP contribution in [0.3, 0.4) is 0 Å². The van der Waals surface area contributed by atoms with Crippen LogP contribution in [0.2, 0.25) is 0 Å². The monoisotopic (exact) mass is 211 g/mol. The van der Waals surface area contributed by atoms with Gasteiger partial charge < -0.3 is 15.0 Å². The summed E-state index contributed by atoms with van der Waals surface area (Å²) in [5.41, 5.74) is 0. The Balaban J connectivity index is 1.89. The van der Waals surface area contributed by atoms with Gasteiger partial charge in [-0.15, -0.1) is 0 Å². The first-order valence-electron chi connectivity index (χ1n) is 5.60. The molecule has 1 aromatic rings. The zero-order valence-electron chi connectivity index (χ0n) is 9.39. The number of nitrogens with one attached hydrogen (secondary N) is 1. The molecule has 1 aromatic heterocycles. The molecule has 0 amide bonds. The quantitative estimate of drug-likeness (QED) is 0.628. The van der Waals surface area contributed by atoms with E-state index < -0.39 is 0 Å². The standard InChI is InChI=1S/C11H21N3O/c1-11(9-15)8-12-4-2-3-6-14-7-5-13-10-14/h5,7,10-12,15H,2-4,6,8-9H2,1H3. The van der Waals surface area contributed by atoms with Gasteiger partial charge >= 0.3 is 0 Å². The van der Waals surface area contributed by atoms with Crippen LogP contribution < -0.4 is 5.32 Å². The molecule has 1 unspecified atom stereocenters. The average Bonchev–Trinajstić information content (AvgIpc) is 2.75. The van der Waals surface area contributed by atoms with Gasteiger partial charge in [-0.2, -0.15) is 0 Å². The predicted octanol–water partition coefficient (Wildman–Crippen LogP) is 0.881. The molecule has 0 aliphatic rings. The van der Waals surface area contributed by atoms with Gasteiger partial charge in [0.1, 0.15) is 0 Å². The van der Waals surface area contributed by atoms with Gasteiger partial charge in [0.15, 0.2) is 0 Å². The van der Waals surface area contributed by atoms with Gasteiger partial charge in [0, 0.05) is 25.5 Å². The lowest BCUT2D eigenvalue weighted by atomic mass is 10.2. The first-order valence-corrected chi connectivity index (χ1v) is 5.60. The summed E-state index contributed by atoms with van der Waals surface area (Å²) in [6, 6.07) is 0. The van der Waals surface area contributed by atoms with Crippen molar-refractivity contribution in [2.45, 2.75) is 26.3 Å². The molecular weight excluding hydrogens is 190 g/mol. The Hall–Kier alpha value is -0.870. The molecule has 0 aromatic carbocycles. The van der Waals surface area contributed by atoms with E-state index in [2.05, 4.69) is 14.9 Å². The van der Waals surface area contributed by atoms with Gasteiger partial charge in [-0.1, -0.05) is 6.92 Å². The molecule has 0 fully saturated rings. The summed E-state index contributed by atoms with van der Waals surface area (Å²) in [6.07, 6.45) is 7.97. The number of aryl methyl sites for hydroxylation is 1. The fourth-order valence-electron chi connectivity index (χ4n) is 1.38. The van der Waals surface area contributed by atoms with E-state index in [0.717, 1.165) is 32.5 Å². The molecule has 4 nitrogen and oxygen atoms in total. The molecule has 0 aliphatic heterocycles. The molecule has 0 saturated carbocycles. The second kappa shape index (κ2) is 7.43. The van der Waals surface area contributed by atoms with Gasteiger partial charge in [0.2, 0.25) is 0 Å². The SMILES string of the molecule is CC(CO)CNCCCCn1ccnc1. The molecule has 4 heteroatoms. The van der Waals surface area contributed by atoms with Crippen LogP contribution in [0, 0.1) is 5.92 Å². The number of aliphatic hydroxyl groups excluding tert-OH is 1. The molecule has 2 N–H and O–H groups in total. The highest BCUT2D eigenvalue weighted by Gasteiger charge is 1.97. The fourth-order valence-corrected chi connectivity index (χ4v) is 1.38. The number of nitrogens with zero attached hydrogens (tertiary/aromatic N) is 2. The van der Waals surface area contributed by atoms with Crippen LogP contribution in [0.4, 0.5) is 0 Å². The molecule has 1 atom stereocenters. The second-order valence-electron chi connectivity index (χ2n) is 4.00. The second-order valence-corrected chi connectivity index (χ2v) is 4.00. The minimum Gasteiger partial charge on any atom is -0.396 e. The molecule has 86 valence electrons. The number of hydrogen-bond donors (Lipinski definition) is 2. The Bertz CT molecular complexity index is 236. The van der Waals surface area contributed by atoms with E-state index in [9.17, 15) is 0 Å². The van der Waals surface area contributed by atoms with Crippen molar-refractivity contribution in [2.24, 2.45) is 5.92 Å². The normalized spacial score (nSPS) is 12.9. The zero-order valence-corrected chi connectivity index (χ0v) is 9.39. The highest BCUT2D eigenvalue weighted by molar-refractivity contribution is 4.73. The number of unbranched alkanes of at least 4 members (excludes halogenated alkanes) is 1. The van der Waals surface area contributed by atoms with Crippen molar-refractivity contribution in [1.29, 1.82) is 0 Å². The predicted molar refractivity (Wildman–Crippen MR) is 60.6 cm³/mol. The van der Waals surface area contributed by atoms with Crippen LogP contribution in [0.25, 0.3) is 0 Å². The number of hydrogen-bond acceptors (Lipinski definition) is 3. The number of aliphatic hydroxyl groups is 1. The Kier molecular flexibility index (Phi) is 6.04. The summed E-state index contributed by atoms with van der Waals surface area (Å²) < 4.78 is 2.09. The van der Waals surface area contributed by atoms with Crippen LogP contribution in [-0.4, -0.2) is 34.4 Å². The third-order valence-electron chi connectivity index (χ3n) is 2.38. The van der Waals surface area contributed by atoms with Crippen molar-refractivity contribution in [3.8, 4) is 0 Å². The van der Waals surface area contributed by atoms with Crippen molar-refractivity contribution in [2.75, 3.05) is 19.7 Å². The van der Waals surface area contributed by atoms with Crippen LogP contribution in [0.15, 0.2) is 18.7 Å².